The van der Waals surface area contributed by atoms with E-state index in [-0.39, 0.29) is 11.8 Å². The maximum atomic E-state index is 12.2. The van der Waals surface area contributed by atoms with Gasteiger partial charge in [0.05, 0.1) is 0 Å². The van der Waals surface area contributed by atoms with Gasteiger partial charge < -0.3 is 9.88 Å². The summed E-state index contributed by atoms with van der Waals surface area (Å²) < 4.78 is 3.53. The SMILES string of the molecule is CC(Cc1nncn1C)c1cccc(NC(=O)c2ccn(C)n2)c1. The molecule has 1 atom stereocenters. The molecule has 3 rings (SSSR count). The van der Waals surface area contributed by atoms with Crippen LogP contribution >= 0.6 is 0 Å². The van der Waals surface area contributed by atoms with E-state index in [1.54, 1.807) is 30.3 Å². The summed E-state index contributed by atoms with van der Waals surface area (Å²) in [5.41, 5.74) is 2.29. The molecule has 1 N–H and O–H groups in total. The van der Waals surface area contributed by atoms with Crippen molar-refractivity contribution in [1.82, 2.24) is 24.5 Å². The minimum Gasteiger partial charge on any atom is -0.321 e. The third-order valence-corrected chi connectivity index (χ3v) is 3.95. The van der Waals surface area contributed by atoms with Crippen molar-refractivity contribution in [3.8, 4) is 0 Å². The van der Waals surface area contributed by atoms with Crippen molar-refractivity contribution in [3.63, 3.8) is 0 Å². The van der Waals surface area contributed by atoms with Crippen LogP contribution in [0.1, 0.15) is 34.7 Å². The number of benzene rings is 1. The molecule has 0 saturated carbocycles. The second kappa shape index (κ2) is 6.66. The van der Waals surface area contributed by atoms with Gasteiger partial charge in [-0.2, -0.15) is 5.10 Å². The molecule has 0 saturated heterocycles. The van der Waals surface area contributed by atoms with E-state index in [1.807, 2.05) is 29.8 Å². The van der Waals surface area contributed by atoms with Crippen LogP contribution in [-0.2, 0) is 20.5 Å². The number of hydrogen-bond donors (Lipinski definition) is 1. The Morgan fingerprint density at radius 3 is 2.79 bits per heavy atom. The highest BCUT2D eigenvalue weighted by atomic mass is 16.1. The van der Waals surface area contributed by atoms with E-state index in [4.69, 9.17) is 0 Å². The van der Waals surface area contributed by atoms with Crippen LogP contribution in [-0.4, -0.2) is 30.5 Å². The van der Waals surface area contributed by atoms with Crippen molar-refractivity contribution in [2.45, 2.75) is 19.3 Å². The first kappa shape index (κ1) is 15.9. The van der Waals surface area contributed by atoms with E-state index in [1.165, 1.54) is 0 Å². The summed E-state index contributed by atoms with van der Waals surface area (Å²) in [6.45, 7) is 2.13. The van der Waals surface area contributed by atoms with Gasteiger partial charge in [0.15, 0.2) is 5.69 Å². The first-order valence-electron chi connectivity index (χ1n) is 7.77. The predicted molar refractivity (Wildman–Crippen MR) is 90.7 cm³/mol. The summed E-state index contributed by atoms with van der Waals surface area (Å²) in [4.78, 5) is 12.2. The molecule has 0 aliphatic rings. The lowest BCUT2D eigenvalue weighted by Gasteiger charge is -2.13. The second-order valence-electron chi connectivity index (χ2n) is 5.92. The van der Waals surface area contributed by atoms with Gasteiger partial charge in [-0.05, 0) is 29.7 Å². The number of anilines is 1. The maximum Gasteiger partial charge on any atom is 0.276 e. The van der Waals surface area contributed by atoms with Crippen LogP contribution in [0.3, 0.4) is 0 Å². The number of nitrogens with one attached hydrogen (secondary N) is 1. The first-order valence-corrected chi connectivity index (χ1v) is 7.77. The highest BCUT2D eigenvalue weighted by molar-refractivity contribution is 6.02. The summed E-state index contributed by atoms with van der Waals surface area (Å²) >= 11 is 0. The molecule has 2 heterocycles. The van der Waals surface area contributed by atoms with Crippen molar-refractivity contribution in [3.05, 3.63) is 59.9 Å². The van der Waals surface area contributed by atoms with Crippen LogP contribution in [0.2, 0.25) is 0 Å². The van der Waals surface area contributed by atoms with Gasteiger partial charge in [-0.25, -0.2) is 0 Å². The lowest BCUT2D eigenvalue weighted by molar-refractivity contribution is 0.102. The summed E-state index contributed by atoms with van der Waals surface area (Å²) in [5.74, 6) is 0.985. The van der Waals surface area contributed by atoms with Gasteiger partial charge in [0.1, 0.15) is 12.2 Å². The molecule has 3 aromatic rings. The largest absolute Gasteiger partial charge is 0.321 e. The molecule has 124 valence electrons. The zero-order valence-corrected chi connectivity index (χ0v) is 14.0. The number of hydrogen-bond acceptors (Lipinski definition) is 4. The molecule has 0 bridgehead atoms. The van der Waals surface area contributed by atoms with Crippen LogP contribution in [0, 0.1) is 0 Å². The van der Waals surface area contributed by atoms with Crippen LogP contribution in [0.15, 0.2) is 42.9 Å². The molecule has 0 aliphatic heterocycles. The molecule has 1 aromatic carbocycles. The number of amides is 1. The fraction of sp³-hybridized carbons (Fsp3) is 0.294. The highest BCUT2D eigenvalue weighted by Crippen LogP contribution is 2.22. The second-order valence-corrected chi connectivity index (χ2v) is 5.92. The van der Waals surface area contributed by atoms with Gasteiger partial charge in [0.2, 0.25) is 0 Å². The fourth-order valence-corrected chi connectivity index (χ4v) is 2.54. The minimum atomic E-state index is -0.214. The number of aromatic nitrogens is 5. The number of carbonyl (C=O) groups is 1. The molecule has 0 aliphatic carbocycles. The standard InChI is InChI=1S/C17H20N6O/c1-12(9-16-20-18-11-22(16)2)13-5-4-6-14(10-13)19-17(24)15-7-8-23(3)21-15/h4-8,10-12H,9H2,1-3H3,(H,19,24). The van der Waals surface area contributed by atoms with E-state index in [9.17, 15) is 4.79 Å². The van der Waals surface area contributed by atoms with Crippen molar-refractivity contribution in [2.75, 3.05) is 5.32 Å². The molecule has 1 unspecified atom stereocenters. The Hall–Kier alpha value is -2.96. The molecular weight excluding hydrogens is 304 g/mol. The van der Waals surface area contributed by atoms with Crippen molar-refractivity contribution < 1.29 is 4.79 Å². The van der Waals surface area contributed by atoms with Gasteiger partial charge in [-0.1, -0.05) is 19.1 Å². The fourth-order valence-electron chi connectivity index (χ4n) is 2.54. The monoisotopic (exact) mass is 324 g/mol. The van der Waals surface area contributed by atoms with E-state index in [0.717, 1.165) is 23.5 Å². The third-order valence-electron chi connectivity index (χ3n) is 3.95. The Morgan fingerprint density at radius 1 is 1.29 bits per heavy atom. The van der Waals surface area contributed by atoms with Gasteiger partial charge in [-0.15, -0.1) is 10.2 Å². The third kappa shape index (κ3) is 3.51. The Kier molecular flexibility index (Phi) is 4.41. The number of carbonyl (C=O) groups excluding carboxylic acids is 1. The van der Waals surface area contributed by atoms with Crippen LogP contribution in [0.5, 0.6) is 0 Å². The zero-order valence-electron chi connectivity index (χ0n) is 14.0. The Bertz CT molecular complexity index is 850. The number of rotatable bonds is 5. The Morgan fingerprint density at radius 2 is 2.12 bits per heavy atom. The van der Waals surface area contributed by atoms with Crippen molar-refractivity contribution >= 4 is 11.6 Å². The van der Waals surface area contributed by atoms with Crippen LogP contribution in [0.25, 0.3) is 0 Å². The molecule has 24 heavy (non-hydrogen) atoms. The average Bonchev–Trinajstić information content (AvgIpc) is 3.17. The molecule has 7 nitrogen and oxygen atoms in total. The van der Waals surface area contributed by atoms with Crippen molar-refractivity contribution in [1.29, 1.82) is 0 Å². The first-order chi connectivity index (χ1) is 11.5. The van der Waals surface area contributed by atoms with E-state index >= 15 is 0 Å². The Balaban J connectivity index is 1.71. The van der Waals surface area contributed by atoms with Gasteiger partial charge in [0.25, 0.3) is 5.91 Å². The summed E-state index contributed by atoms with van der Waals surface area (Å²) in [6, 6.07) is 9.55. The number of nitrogens with zero attached hydrogens (tertiary/aromatic N) is 5. The topological polar surface area (TPSA) is 77.6 Å². The number of aryl methyl sites for hydroxylation is 2. The lowest BCUT2D eigenvalue weighted by atomic mass is 9.97. The average molecular weight is 324 g/mol. The van der Waals surface area contributed by atoms with Crippen LogP contribution < -0.4 is 5.32 Å². The molecule has 7 heteroatoms. The highest BCUT2D eigenvalue weighted by Gasteiger charge is 2.13. The summed E-state index contributed by atoms with van der Waals surface area (Å²) in [6.07, 6.45) is 4.23. The smallest absolute Gasteiger partial charge is 0.276 e. The zero-order chi connectivity index (χ0) is 17.1. The normalized spacial score (nSPS) is 12.1. The Labute approximate surface area is 140 Å². The van der Waals surface area contributed by atoms with E-state index in [0.29, 0.717) is 5.69 Å². The lowest BCUT2D eigenvalue weighted by Crippen LogP contribution is -2.13. The quantitative estimate of drug-likeness (QED) is 0.780. The molecule has 0 fully saturated rings. The molecule has 0 spiro atoms. The maximum absolute atomic E-state index is 12.2. The predicted octanol–water partition coefficient (Wildman–Crippen LogP) is 2.15. The molecule has 0 radical (unpaired) electrons. The van der Waals surface area contributed by atoms with Gasteiger partial charge in [0, 0.05) is 32.4 Å². The van der Waals surface area contributed by atoms with Gasteiger partial charge in [-0.3, -0.25) is 9.48 Å². The van der Waals surface area contributed by atoms with Crippen LogP contribution in [0.4, 0.5) is 5.69 Å². The molecule has 1 amide bonds. The van der Waals surface area contributed by atoms with E-state index in [2.05, 4.69) is 33.6 Å². The molecule has 2 aromatic heterocycles. The minimum absolute atomic E-state index is 0.214. The summed E-state index contributed by atoms with van der Waals surface area (Å²) in [7, 11) is 3.72. The van der Waals surface area contributed by atoms with Gasteiger partial charge >= 0.3 is 0 Å². The molecular formula is C17H20N6O. The van der Waals surface area contributed by atoms with Crippen molar-refractivity contribution in [2.24, 2.45) is 14.1 Å². The van der Waals surface area contributed by atoms with E-state index < -0.39 is 0 Å². The summed E-state index contributed by atoms with van der Waals surface area (Å²) in [5, 5.41) is 15.0.